The van der Waals surface area contributed by atoms with E-state index in [0.717, 1.165) is 6.07 Å². The van der Waals surface area contributed by atoms with Crippen LogP contribution in [0.5, 0.6) is 5.88 Å². The largest absolute Gasteiger partial charge is 0.534 e. The number of amides is 1. The van der Waals surface area contributed by atoms with Crippen molar-refractivity contribution in [2.24, 2.45) is 0 Å². The number of fused-ring (bicyclic) bond motifs is 1. The number of pyridine rings is 1. The number of alkyl halides is 3. The third-order valence-corrected chi connectivity index (χ3v) is 4.69. The Hall–Kier alpha value is -2.04. The molecule has 1 aromatic heterocycles. The first kappa shape index (κ1) is 21.3. The molecular formula is C16H21F3N2O5S. The number of halogens is 3. The number of hydrogen-bond acceptors (Lipinski definition) is 6. The summed E-state index contributed by atoms with van der Waals surface area (Å²) >= 11 is 0. The van der Waals surface area contributed by atoms with Crippen molar-refractivity contribution in [3.63, 3.8) is 0 Å². The Morgan fingerprint density at radius 2 is 1.89 bits per heavy atom. The monoisotopic (exact) mass is 410 g/mol. The molecule has 7 nitrogen and oxygen atoms in total. The van der Waals surface area contributed by atoms with E-state index in [4.69, 9.17) is 4.74 Å². The molecule has 1 unspecified atom stereocenters. The lowest BCUT2D eigenvalue weighted by Crippen LogP contribution is -2.38. The third kappa shape index (κ3) is 5.24. The molecular weight excluding hydrogens is 389 g/mol. The van der Waals surface area contributed by atoms with Gasteiger partial charge in [0, 0.05) is 25.1 Å². The molecule has 0 saturated heterocycles. The second kappa shape index (κ2) is 7.17. The van der Waals surface area contributed by atoms with Gasteiger partial charge in [0.1, 0.15) is 5.60 Å². The minimum Gasteiger partial charge on any atom is -0.444 e. The van der Waals surface area contributed by atoms with Gasteiger partial charge in [-0.05, 0) is 32.8 Å². The molecule has 0 radical (unpaired) electrons. The van der Waals surface area contributed by atoms with Gasteiger partial charge in [-0.1, -0.05) is 13.0 Å². The highest BCUT2D eigenvalue weighted by Crippen LogP contribution is 2.30. The molecule has 1 aliphatic rings. The van der Waals surface area contributed by atoms with Gasteiger partial charge < -0.3 is 13.8 Å². The van der Waals surface area contributed by atoms with Gasteiger partial charge in [-0.25, -0.2) is 9.78 Å². The van der Waals surface area contributed by atoms with Crippen LogP contribution in [0.15, 0.2) is 12.1 Å². The number of hydrogen-bond donors (Lipinski definition) is 0. The van der Waals surface area contributed by atoms with Crippen LogP contribution in [0.1, 0.15) is 44.9 Å². The lowest BCUT2D eigenvalue weighted by Gasteiger charge is -2.27. The maximum atomic E-state index is 12.5. The maximum absolute atomic E-state index is 12.5. The summed E-state index contributed by atoms with van der Waals surface area (Å²) in [5.74, 6) is -1.02. The van der Waals surface area contributed by atoms with Gasteiger partial charge in [0.15, 0.2) is 0 Å². The van der Waals surface area contributed by atoms with Crippen LogP contribution in [0, 0.1) is 0 Å². The molecule has 2 rings (SSSR count). The SMILES string of the molecule is CC1CN(C(=O)OC(C)(C)C)CCc2ccc(OS(=O)(=O)C(F)(F)F)nc21. The first-order chi connectivity index (χ1) is 12.2. The molecule has 0 spiro atoms. The molecule has 1 atom stereocenters. The van der Waals surface area contributed by atoms with Crippen molar-refractivity contribution in [1.82, 2.24) is 9.88 Å². The number of rotatable bonds is 2. The molecule has 0 aliphatic carbocycles. The van der Waals surface area contributed by atoms with Crippen LogP contribution in [0.25, 0.3) is 0 Å². The number of carbonyl (C=O) groups excluding carboxylic acids is 1. The fourth-order valence-corrected chi connectivity index (χ4v) is 3.00. The van der Waals surface area contributed by atoms with Crippen molar-refractivity contribution in [1.29, 1.82) is 0 Å². The Bertz CT molecular complexity index is 818. The number of carbonyl (C=O) groups is 1. The van der Waals surface area contributed by atoms with Crippen LogP contribution < -0.4 is 4.18 Å². The van der Waals surface area contributed by atoms with Crippen molar-refractivity contribution >= 4 is 16.2 Å². The molecule has 27 heavy (non-hydrogen) atoms. The van der Waals surface area contributed by atoms with Gasteiger partial charge >= 0.3 is 21.7 Å². The Morgan fingerprint density at radius 3 is 2.44 bits per heavy atom. The Morgan fingerprint density at radius 1 is 1.26 bits per heavy atom. The Labute approximate surface area is 155 Å². The third-order valence-electron chi connectivity index (χ3n) is 3.73. The lowest BCUT2D eigenvalue weighted by atomic mass is 10.0. The average Bonchev–Trinajstić information content (AvgIpc) is 2.64. The van der Waals surface area contributed by atoms with E-state index in [0.29, 0.717) is 24.2 Å². The van der Waals surface area contributed by atoms with E-state index >= 15 is 0 Å². The topological polar surface area (TPSA) is 85.8 Å². The van der Waals surface area contributed by atoms with Gasteiger partial charge in [-0.15, -0.1) is 0 Å². The lowest BCUT2D eigenvalue weighted by molar-refractivity contribution is -0.0501. The van der Waals surface area contributed by atoms with E-state index < -0.39 is 33.2 Å². The highest BCUT2D eigenvalue weighted by Gasteiger charge is 2.49. The summed E-state index contributed by atoms with van der Waals surface area (Å²) < 4.78 is 69.2. The van der Waals surface area contributed by atoms with E-state index in [1.807, 2.05) is 0 Å². The summed E-state index contributed by atoms with van der Waals surface area (Å²) in [6, 6.07) is 2.52. The van der Waals surface area contributed by atoms with Gasteiger partial charge in [-0.2, -0.15) is 21.6 Å². The van der Waals surface area contributed by atoms with E-state index in [2.05, 4.69) is 9.17 Å². The maximum Gasteiger partial charge on any atom is 0.534 e. The zero-order chi connectivity index (χ0) is 20.6. The summed E-state index contributed by atoms with van der Waals surface area (Å²) in [6.07, 6.45) is -0.101. The Balaban J connectivity index is 2.22. The van der Waals surface area contributed by atoms with Crippen LogP contribution >= 0.6 is 0 Å². The van der Waals surface area contributed by atoms with Crippen molar-refractivity contribution in [3.8, 4) is 5.88 Å². The normalized spacial score (nSPS) is 18.5. The summed E-state index contributed by atoms with van der Waals surface area (Å²) in [7, 11) is -5.80. The van der Waals surface area contributed by atoms with Gasteiger partial charge in [0.05, 0.1) is 5.69 Å². The zero-order valence-corrected chi connectivity index (χ0v) is 16.1. The zero-order valence-electron chi connectivity index (χ0n) is 15.3. The minimum atomic E-state index is -5.80. The predicted molar refractivity (Wildman–Crippen MR) is 89.8 cm³/mol. The molecule has 0 fully saturated rings. The molecule has 1 aliphatic heterocycles. The molecule has 0 saturated carbocycles. The first-order valence-corrected chi connectivity index (χ1v) is 9.59. The van der Waals surface area contributed by atoms with Crippen LogP contribution in [0.3, 0.4) is 0 Å². The fourth-order valence-electron chi connectivity index (χ4n) is 2.59. The van der Waals surface area contributed by atoms with E-state index in [1.54, 1.807) is 27.7 Å². The summed E-state index contributed by atoms with van der Waals surface area (Å²) in [6.45, 7) is 7.53. The van der Waals surface area contributed by atoms with Gasteiger partial charge in [0.25, 0.3) is 0 Å². The molecule has 0 N–H and O–H groups in total. The summed E-state index contributed by atoms with van der Waals surface area (Å²) in [5, 5.41) is 0. The number of ether oxygens (including phenoxy) is 1. The van der Waals surface area contributed by atoms with E-state index in [9.17, 15) is 26.4 Å². The second-order valence-electron chi connectivity index (χ2n) is 7.25. The molecule has 2 heterocycles. The van der Waals surface area contributed by atoms with Gasteiger partial charge in [0.2, 0.25) is 5.88 Å². The fraction of sp³-hybridized carbons (Fsp3) is 0.625. The number of nitrogens with zero attached hydrogens (tertiary/aromatic N) is 2. The molecule has 0 bridgehead atoms. The van der Waals surface area contributed by atoms with E-state index in [-0.39, 0.29) is 12.5 Å². The predicted octanol–water partition coefficient (Wildman–Crippen LogP) is 3.21. The highest BCUT2D eigenvalue weighted by atomic mass is 32.2. The molecule has 1 aromatic rings. The summed E-state index contributed by atoms with van der Waals surface area (Å²) in [4.78, 5) is 17.7. The van der Waals surface area contributed by atoms with Crippen molar-refractivity contribution in [2.75, 3.05) is 13.1 Å². The molecule has 0 aromatic carbocycles. The molecule has 1 amide bonds. The molecule has 152 valence electrons. The number of aromatic nitrogens is 1. The first-order valence-electron chi connectivity index (χ1n) is 8.18. The van der Waals surface area contributed by atoms with Crippen molar-refractivity contribution in [3.05, 3.63) is 23.4 Å². The average molecular weight is 410 g/mol. The van der Waals surface area contributed by atoms with Crippen molar-refractivity contribution < 1.29 is 35.3 Å². The van der Waals surface area contributed by atoms with Crippen LogP contribution in [0.2, 0.25) is 0 Å². The Kier molecular flexibility index (Phi) is 5.65. The minimum absolute atomic E-state index is 0.227. The van der Waals surface area contributed by atoms with Gasteiger partial charge in [-0.3, -0.25) is 0 Å². The smallest absolute Gasteiger partial charge is 0.444 e. The van der Waals surface area contributed by atoms with Crippen LogP contribution in [-0.2, 0) is 21.3 Å². The highest BCUT2D eigenvalue weighted by molar-refractivity contribution is 7.87. The summed E-state index contributed by atoms with van der Waals surface area (Å²) in [5.41, 5.74) is -5.12. The molecule has 11 heteroatoms. The van der Waals surface area contributed by atoms with Crippen LogP contribution in [-0.4, -0.2) is 48.6 Å². The standard InChI is InChI=1S/C16H21F3N2O5S/c1-10-9-21(14(22)25-15(2,3)4)8-7-11-5-6-12(20-13(10)11)26-27(23,24)16(17,18)19/h5-6,10H,7-9H2,1-4H3. The quantitative estimate of drug-likeness (QED) is 0.550. The van der Waals surface area contributed by atoms with Crippen molar-refractivity contribution in [2.45, 2.75) is 51.1 Å². The van der Waals surface area contributed by atoms with E-state index in [1.165, 1.54) is 11.0 Å². The second-order valence-corrected chi connectivity index (χ2v) is 8.79. The van der Waals surface area contributed by atoms with Crippen LogP contribution in [0.4, 0.5) is 18.0 Å².